The van der Waals surface area contributed by atoms with E-state index in [-0.39, 0.29) is 5.91 Å². The molecule has 3 nitrogen and oxygen atoms in total. The van der Waals surface area contributed by atoms with E-state index in [0.717, 1.165) is 29.7 Å². The van der Waals surface area contributed by atoms with Gasteiger partial charge in [-0.25, -0.2) is 0 Å². The van der Waals surface area contributed by atoms with Gasteiger partial charge in [-0.3, -0.25) is 4.79 Å². The van der Waals surface area contributed by atoms with Gasteiger partial charge in [0.2, 0.25) is 0 Å². The van der Waals surface area contributed by atoms with E-state index < -0.39 is 0 Å². The van der Waals surface area contributed by atoms with E-state index in [2.05, 4.69) is 45.2 Å². The van der Waals surface area contributed by atoms with E-state index in [1.807, 2.05) is 30.3 Å². The average Bonchev–Trinajstić information content (AvgIpc) is 2.89. The SMILES string of the molecule is CCN1CCc2ccc(NC(=O)c3cccc(Br)c3)cc21. The summed E-state index contributed by atoms with van der Waals surface area (Å²) < 4.78 is 0.904. The van der Waals surface area contributed by atoms with Crippen molar-refractivity contribution in [1.82, 2.24) is 0 Å². The second-order valence-electron chi connectivity index (χ2n) is 5.14. The zero-order chi connectivity index (χ0) is 14.8. The maximum Gasteiger partial charge on any atom is 0.255 e. The highest BCUT2D eigenvalue weighted by atomic mass is 79.9. The molecule has 3 rings (SSSR count). The molecule has 0 unspecified atom stereocenters. The van der Waals surface area contributed by atoms with Crippen molar-refractivity contribution in [3.63, 3.8) is 0 Å². The number of fused-ring (bicyclic) bond motifs is 1. The molecule has 0 bridgehead atoms. The van der Waals surface area contributed by atoms with Crippen molar-refractivity contribution in [3.8, 4) is 0 Å². The van der Waals surface area contributed by atoms with E-state index in [1.54, 1.807) is 0 Å². The lowest BCUT2D eigenvalue weighted by atomic mass is 10.1. The zero-order valence-electron chi connectivity index (χ0n) is 11.9. The normalized spacial score (nSPS) is 13.1. The largest absolute Gasteiger partial charge is 0.371 e. The lowest BCUT2D eigenvalue weighted by Crippen LogP contribution is -2.19. The van der Waals surface area contributed by atoms with Gasteiger partial charge in [-0.2, -0.15) is 0 Å². The molecule has 4 heteroatoms. The first-order valence-electron chi connectivity index (χ1n) is 7.12. The Morgan fingerprint density at radius 2 is 2.14 bits per heavy atom. The van der Waals surface area contributed by atoms with Gasteiger partial charge in [0, 0.05) is 34.5 Å². The van der Waals surface area contributed by atoms with E-state index in [1.165, 1.54) is 11.3 Å². The van der Waals surface area contributed by atoms with Crippen molar-refractivity contribution in [3.05, 3.63) is 58.1 Å². The predicted molar refractivity (Wildman–Crippen MR) is 90.1 cm³/mol. The Hall–Kier alpha value is -1.81. The summed E-state index contributed by atoms with van der Waals surface area (Å²) in [4.78, 5) is 14.6. The number of carbonyl (C=O) groups is 1. The van der Waals surface area contributed by atoms with E-state index >= 15 is 0 Å². The van der Waals surface area contributed by atoms with Crippen molar-refractivity contribution >= 4 is 33.2 Å². The maximum absolute atomic E-state index is 12.3. The van der Waals surface area contributed by atoms with Crippen LogP contribution >= 0.6 is 15.9 Å². The number of benzene rings is 2. The Labute approximate surface area is 133 Å². The first-order chi connectivity index (χ1) is 10.2. The summed E-state index contributed by atoms with van der Waals surface area (Å²) in [7, 11) is 0. The summed E-state index contributed by atoms with van der Waals surface area (Å²) >= 11 is 3.39. The lowest BCUT2D eigenvalue weighted by molar-refractivity contribution is 0.102. The van der Waals surface area contributed by atoms with Crippen LogP contribution in [0, 0.1) is 0 Å². The number of carbonyl (C=O) groups excluding carboxylic acids is 1. The van der Waals surface area contributed by atoms with Crippen LogP contribution < -0.4 is 10.2 Å². The summed E-state index contributed by atoms with van der Waals surface area (Å²) in [6.07, 6.45) is 1.09. The van der Waals surface area contributed by atoms with Gasteiger partial charge in [0.25, 0.3) is 5.91 Å². The number of rotatable bonds is 3. The van der Waals surface area contributed by atoms with Crippen LogP contribution in [0.5, 0.6) is 0 Å². The van der Waals surface area contributed by atoms with Gasteiger partial charge in [-0.1, -0.05) is 28.1 Å². The van der Waals surface area contributed by atoms with Crippen LogP contribution in [-0.2, 0) is 6.42 Å². The lowest BCUT2D eigenvalue weighted by Gasteiger charge is -2.17. The van der Waals surface area contributed by atoms with Crippen molar-refractivity contribution in [2.24, 2.45) is 0 Å². The fraction of sp³-hybridized carbons (Fsp3) is 0.235. The summed E-state index contributed by atoms with van der Waals surface area (Å²) in [5, 5.41) is 2.97. The van der Waals surface area contributed by atoms with Crippen molar-refractivity contribution in [2.75, 3.05) is 23.3 Å². The number of hydrogen-bond acceptors (Lipinski definition) is 2. The molecule has 0 aliphatic carbocycles. The molecule has 1 aliphatic rings. The zero-order valence-corrected chi connectivity index (χ0v) is 13.5. The molecule has 0 radical (unpaired) electrons. The maximum atomic E-state index is 12.3. The fourth-order valence-electron chi connectivity index (χ4n) is 2.68. The van der Waals surface area contributed by atoms with Crippen LogP contribution in [0.2, 0.25) is 0 Å². The molecule has 21 heavy (non-hydrogen) atoms. The van der Waals surface area contributed by atoms with E-state index in [9.17, 15) is 4.79 Å². The molecule has 1 N–H and O–H groups in total. The predicted octanol–water partition coefficient (Wildman–Crippen LogP) is 4.08. The quantitative estimate of drug-likeness (QED) is 0.909. The van der Waals surface area contributed by atoms with E-state index in [0.29, 0.717) is 5.56 Å². The standard InChI is InChI=1S/C17H17BrN2O/c1-2-20-9-8-12-6-7-15(11-16(12)20)19-17(21)13-4-3-5-14(18)10-13/h3-7,10-11H,2,8-9H2,1H3,(H,19,21). The van der Waals surface area contributed by atoms with Crippen LogP contribution in [0.1, 0.15) is 22.8 Å². The van der Waals surface area contributed by atoms with Gasteiger partial charge >= 0.3 is 0 Å². The summed E-state index contributed by atoms with van der Waals surface area (Å²) in [5.41, 5.74) is 4.10. The second-order valence-corrected chi connectivity index (χ2v) is 6.05. The topological polar surface area (TPSA) is 32.3 Å². The van der Waals surface area contributed by atoms with Gasteiger partial charge in [-0.05, 0) is 49.2 Å². The van der Waals surface area contributed by atoms with Crippen LogP contribution in [0.25, 0.3) is 0 Å². The van der Waals surface area contributed by atoms with E-state index in [4.69, 9.17) is 0 Å². The Morgan fingerprint density at radius 3 is 2.90 bits per heavy atom. The molecule has 0 saturated carbocycles. The molecule has 1 aliphatic heterocycles. The van der Waals surface area contributed by atoms with Crippen molar-refractivity contribution in [1.29, 1.82) is 0 Å². The minimum absolute atomic E-state index is 0.0858. The molecule has 0 fully saturated rings. The van der Waals surface area contributed by atoms with Gasteiger partial charge < -0.3 is 10.2 Å². The third-order valence-electron chi connectivity index (χ3n) is 3.80. The number of halogens is 1. The molecule has 1 amide bonds. The monoisotopic (exact) mass is 344 g/mol. The highest BCUT2D eigenvalue weighted by Gasteiger charge is 2.18. The molecule has 1 heterocycles. The van der Waals surface area contributed by atoms with Gasteiger partial charge in [0.05, 0.1) is 0 Å². The molecule has 2 aromatic carbocycles. The number of hydrogen-bond donors (Lipinski definition) is 1. The summed E-state index contributed by atoms with van der Waals surface area (Å²) in [5.74, 6) is -0.0858. The van der Waals surface area contributed by atoms with Crippen molar-refractivity contribution < 1.29 is 4.79 Å². The highest BCUT2D eigenvalue weighted by Crippen LogP contribution is 2.30. The Morgan fingerprint density at radius 1 is 1.29 bits per heavy atom. The molecule has 0 aromatic heterocycles. The number of nitrogens with zero attached hydrogens (tertiary/aromatic N) is 1. The molecule has 108 valence electrons. The minimum atomic E-state index is -0.0858. The molecular weight excluding hydrogens is 328 g/mol. The van der Waals surface area contributed by atoms with Crippen molar-refractivity contribution in [2.45, 2.75) is 13.3 Å². The molecule has 0 atom stereocenters. The minimum Gasteiger partial charge on any atom is -0.371 e. The van der Waals surface area contributed by atoms with Crippen LogP contribution in [0.3, 0.4) is 0 Å². The molecule has 0 spiro atoms. The van der Waals surface area contributed by atoms with Crippen LogP contribution in [-0.4, -0.2) is 19.0 Å². The van der Waals surface area contributed by atoms with Crippen LogP contribution in [0.4, 0.5) is 11.4 Å². The Balaban J connectivity index is 1.81. The second kappa shape index (κ2) is 5.90. The first-order valence-corrected chi connectivity index (χ1v) is 7.91. The summed E-state index contributed by atoms with van der Waals surface area (Å²) in [6, 6.07) is 13.6. The molecular formula is C17H17BrN2O. The fourth-order valence-corrected chi connectivity index (χ4v) is 3.08. The number of nitrogens with one attached hydrogen (secondary N) is 1. The molecule has 2 aromatic rings. The Kier molecular flexibility index (Phi) is 3.97. The average molecular weight is 345 g/mol. The van der Waals surface area contributed by atoms with Gasteiger partial charge in [-0.15, -0.1) is 0 Å². The smallest absolute Gasteiger partial charge is 0.255 e. The van der Waals surface area contributed by atoms with Gasteiger partial charge in [0.1, 0.15) is 0 Å². The number of anilines is 2. The van der Waals surface area contributed by atoms with Crippen LogP contribution in [0.15, 0.2) is 46.9 Å². The van der Waals surface area contributed by atoms with Gasteiger partial charge in [0.15, 0.2) is 0 Å². The third kappa shape index (κ3) is 2.95. The number of likely N-dealkylation sites (N-methyl/N-ethyl adjacent to an activating group) is 1. The third-order valence-corrected chi connectivity index (χ3v) is 4.30. The number of amides is 1. The Bertz CT molecular complexity index is 684. The molecule has 0 saturated heterocycles. The first kappa shape index (κ1) is 14.1. The summed E-state index contributed by atoms with van der Waals surface area (Å²) in [6.45, 7) is 4.22. The highest BCUT2D eigenvalue weighted by molar-refractivity contribution is 9.10.